The Balaban J connectivity index is 0.000000367. The Morgan fingerprint density at radius 2 is 1.68 bits per heavy atom. The fourth-order valence-corrected chi connectivity index (χ4v) is 3.13. The lowest BCUT2D eigenvalue weighted by molar-refractivity contribution is -0.384. The third-order valence-corrected chi connectivity index (χ3v) is 5.03. The highest BCUT2D eigenvalue weighted by atomic mass is 32.2. The Kier molecular flexibility index (Phi) is 9.73. The first kappa shape index (κ1) is 25.7. The third kappa shape index (κ3) is 9.33. The van der Waals surface area contributed by atoms with Crippen molar-refractivity contribution < 1.29 is 37.7 Å². The van der Waals surface area contributed by atoms with E-state index in [1.807, 2.05) is 0 Å². The van der Waals surface area contributed by atoms with Gasteiger partial charge in [-0.05, 0) is 30.5 Å². The molecular weight excluding hydrogens is 432 g/mol. The van der Waals surface area contributed by atoms with Crippen molar-refractivity contribution in [1.29, 1.82) is 0 Å². The molecule has 4 N–H and O–H groups in total. The molecule has 0 aliphatic heterocycles. The predicted molar refractivity (Wildman–Crippen MR) is 109 cm³/mol. The van der Waals surface area contributed by atoms with Crippen molar-refractivity contribution >= 4 is 27.7 Å². The Morgan fingerprint density at radius 1 is 1.10 bits per heavy atom. The monoisotopic (exact) mass is 454 g/mol. The molecule has 11 nitrogen and oxygen atoms in total. The van der Waals surface area contributed by atoms with Crippen molar-refractivity contribution in [2.75, 3.05) is 0 Å². The van der Waals surface area contributed by atoms with Gasteiger partial charge in [0.2, 0.25) is 0 Å². The molecule has 0 aliphatic rings. The molecule has 2 rings (SSSR count). The highest BCUT2D eigenvalue weighted by Gasteiger charge is 2.18. The largest absolute Gasteiger partial charge is 0.481 e. The van der Waals surface area contributed by atoms with Crippen LogP contribution >= 0.6 is 0 Å². The molecule has 2 aromatic carbocycles. The standard InChI is InChI=1S/C12H14N2O6.C7H8O3S/c15-11(16)6-5-10(12(17)18)13-7-8-1-3-9(4-2-8)14(19)20;1-6-4-2-3-5-7(6)11(8,9)10/h1-4,10,13H,5-7H2,(H,15,16)(H,17,18);2-5H,1H3,(H,8,9,10). The number of hydrogen-bond donors (Lipinski definition) is 4. The first-order valence-electron chi connectivity index (χ1n) is 8.86. The number of aryl methyl sites for hydroxylation is 1. The number of hydrogen-bond acceptors (Lipinski definition) is 7. The number of carboxylic acid groups (broad SMARTS) is 2. The lowest BCUT2D eigenvalue weighted by Crippen LogP contribution is -2.36. The highest BCUT2D eigenvalue weighted by Crippen LogP contribution is 2.13. The van der Waals surface area contributed by atoms with E-state index in [0.717, 1.165) is 0 Å². The molecule has 0 fully saturated rings. The SMILES string of the molecule is Cc1ccccc1S(=O)(=O)O.O=C(O)CCC(NCc1ccc([N+](=O)[O-])cc1)C(=O)O. The fourth-order valence-electron chi connectivity index (χ4n) is 2.40. The Labute approximate surface area is 178 Å². The number of nitro groups is 1. The summed E-state index contributed by atoms with van der Waals surface area (Å²) in [5.41, 5.74) is 1.18. The first-order chi connectivity index (χ1) is 14.4. The number of nitrogens with one attached hydrogen (secondary N) is 1. The molecule has 1 atom stereocenters. The molecule has 0 saturated heterocycles. The normalized spacial score (nSPS) is 11.7. The number of aliphatic carboxylic acids is 2. The van der Waals surface area contributed by atoms with Gasteiger partial charge in [-0.1, -0.05) is 30.3 Å². The van der Waals surface area contributed by atoms with Gasteiger partial charge in [0.15, 0.2) is 0 Å². The van der Waals surface area contributed by atoms with Crippen LogP contribution in [-0.4, -0.2) is 46.1 Å². The maximum atomic E-state index is 10.9. The summed E-state index contributed by atoms with van der Waals surface area (Å²) in [6.07, 6.45) is -0.276. The lowest BCUT2D eigenvalue weighted by Gasteiger charge is -2.13. The molecule has 0 aliphatic carbocycles. The number of carbonyl (C=O) groups is 2. The zero-order chi connectivity index (χ0) is 23.6. The van der Waals surface area contributed by atoms with E-state index in [1.54, 1.807) is 25.1 Å². The molecular formula is C19H22N2O9S. The first-order valence-corrected chi connectivity index (χ1v) is 10.3. The summed E-state index contributed by atoms with van der Waals surface area (Å²) >= 11 is 0. The average molecular weight is 454 g/mol. The summed E-state index contributed by atoms with van der Waals surface area (Å²) < 4.78 is 29.9. The van der Waals surface area contributed by atoms with Crippen molar-refractivity contribution in [3.63, 3.8) is 0 Å². The van der Waals surface area contributed by atoms with Crippen LogP contribution < -0.4 is 5.32 Å². The second-order valence-electron chi connectivity index (χ2n) is 6.37. The summed E-state index contributed by atoms with van der Waals surface area (Å²) in [5.74, 6) is -2.19. The van der Waals surface area contributed by atoms with Gasteiger partial charge in [-0.15, -0.1) is 0 Å². The Bertz CT molecular complexity index is 1020. The maximum Gasteiger partial charge on any atom is 0.320 e. The molecule has 0 spiro atoms. The quantitative estimate of drug-likeness (QED) is 0.249. The van der Waals surface area contributed by atoms with Crippen LogP contribution in [0, 0.1) is 17.0 Å². The van der Waals surface area contributed by atoms with E-state index in [-0.39, 0.29) is 30.0 Å². The summed E-state index contributed by atoms with van der Waals surface area (Å²) in [6, 6.07) is 11.0. The number of carboxylic acids is 2. The minimum atomic E-state index is -4.03. The summed E-state index contributed by atoms with van der Waals surface area (Å²) in [7, 11) is -4.03. The summed E-state index contributed by atoms with van der Waals surface area (Å²) in [6.45, 7) is 1.82. The summed E-state index contributed by atoms with van der Waals surface area (Å²) in [5, 5.41) is 30.6. The van der Waals surface area contributed by atoms with Gasteiger partial charge in [-0.3, -0.25) is 24.3 Å². The molecule has 0 saturated carbocycles. The van der Waals surface area contributed by atoms with E-state index in [9.17, 15) is 28.1 Å². The van der Waals surface area contributed by atoms with Gasteiger partial charge in [-0.2, -0.15) is 8.42 Å². The average Bonchev–Trinajstić information content (AvgIpc) is 2.67. The zero-order valence-electron chi connectivity index (χ0n) is 16.5. The maximum absolute atomic E-state index is 10.9. The van der Waals surface area contributed by atoms with Crippen LogP contribution in [0.4, 0.5) is 5.69 Å². The minimum Gasteiger partial charge on any atom is -0.481 e. The topological polar surface area (TPSA) is 184 Å². The number of nitro benzene ring substituents is 1. The Morgan fingerprint density at radius 3 is 2.10 bits per heavy atom. The second-order valence-corrected chi connectivity index (χ2v) is 7.76. The van der Waals surface area contributed by atoms with Crippen molar-refractivity contribution in [3.05, 3.63) is 69.8 Å². The van der Waals surface area contributed by atoms with Crippen LogP contribution in [-0.2, 0) is 26.3 Å². The lowest BCUT2D eigenvalue weighted by atomic mass is 10.1. The van der Waals surface area contributed by atoms with Crippen LogP contribution in [0.1, 0.15) is 24.0 Å². The number of nitrogens with zero attached hydrogens (tertiary/aromatic N) is 1. The molecule has 0 aromatic heterocycles. The van der Waals surface area contributed by atoms with Crippen LogP contribution in [0.5, 0.6) is 0 Å². The number of rotatable bonds is 9. The van der Waals surface area contributed by atoms with E-state index >= 15 is 0 Å². The zero-order valence-corrected chi connectivity index (χ0v) is 17.3. The molecule has 0 heterocycles. The molecule has 0 bridgehead atoms. The number of non-ortho nitro benzene ring substituents is 1. The minimum absolute atomic E-state index is 0.0278. The fraction of sp³-hybridized carbons (Fsp3) is 0.263. The van der Waals surface area contributed by atoms with Crippen molar-refractivity contribution in [3.8, 4) is 0 Å². The number of benzene rings is 2. The van der Waals surface area contributed by atoms with Crippen molar-refractivity contribution in [1.82, 2.24) is 5.32 Å². The van der Waals surface area contributed by atoms with E-state index < -0.39 is 33.0 Å². The Hall–Kier alpha value is -3.35. The van der Waals surface area contributed by atoms with Crippen LogP contribution in [0.25, 0.3) is 0 Å². The van der Waals surface area contributed by atoms with E-state index in [2.05, 4.69) is 5.32 Å². The van der Waals surface area contributed by atoms with Gasteiger partial charge >= 0.3 is 11.9 Å². The van der Waals surface area contributed by atoms with Crippen LogP contribution in [0.15, 0.2) is 53.4 Å². The molecule has 0 radical (unpaired) electrons. The van der Waals surface area contributed by atoms with Gasteiger partial charge in [0, 0.05) is 25.1 Å². The molecule has 12 heteroatoms. The van der Waals surface area contributed by atoms with E-state index in [4.69, 9.17) is 14.8 Å². The van der Waals surface area contributed by atoms with Crippen LogP contribution in [0.2, 0.25) is 0 Å². The van der Waals surface area contributed by atoms with Crippen molar-refractivity contribution in [2.24, 2.45) is 0 Å². The summed E-state index contributed by atoms with van der Waals surface area (Å²) in [4.78, 5) is 31.3. The van der Waals surface area contributed by atoms with Gasteiger partial charge < -0.3 is 15.5 Å². The molecule has 0 amide bonds. The molecule has 168 valence electrons. The second kappa shape index (κ2) is 11.7. The smallest absolute Gasteiger partial charge is 0.320 e. The van der Waals surface area contributed by atoms with Crippen LogP contribution in [0.3, 0.4) is 0 Å². The van der Waals surface area contributed by atoms with E-state index in [1.165, 1.54) is 30.3 Å². The highest BCUT2D eigenvalue weighted by molar-refractivity contribution is 7.85. The van der Waals surface area contributed by atoms with Gasteiger partial charge in [0.05, 0.1) is 9.82 Å². The molecule has 31 heavy (non-hydrogen) atoms. The van der Waals surface area contributed by atoms with Gasteiger partial charge in [-0.25, -0.2) is 0 Å². The van der Waals surface area contributed by atoms with Crippen molar-refractivity contribution in [2.45, 2.75) is 37.2 Å². The van der Waals surface area contributed by atoms with Gasteiger partial charge in [0.1, 0.15) is 6.04 Å². The predicted octanol–water partition coefficient (Wildman–Crippen LogP) is 2.24. The molecule has 2 aromatic rings. The van der Waals surface area contributed by atoms with Gasteiger partial charge in [0.25, 0.3) is 15.8 Å². The van der Waals surface area contributed by atoms with E-state index in [0.29, 0.717) is 11.1 Å². The third-order valence-electron chi connectivity index (χ3n) is 4.02. The molecule has 1 unspecified atom stereocenters.